The lowest BCUT2D eigenvalue weighted by molar-refractivity contribution is -0.0191. The van der Waals surface area contributed by atoms with Crippen molar-refractivity contribution in [3.8, 4) is 11.1 Å². The largest absolute Gasteiger partial charge is 0.390 e. The first kappa shape index (κ1) is 23.1. The monoisotopic (exact) mass is 510 g/mol. The number of benzene rings is 2. The number of nitrogens with zero attached hydrogens (tertiary/aromatic N) is 4. The number of rotatable bonds is 5. The zero-order valence-electron chi connectivity index (χ0n) is 20.5. The van der Waals surface area contributed by atoms with Gasteiger partial charge < -0.3 is 26.2 Å². The Labute approximate surface area is 217 Å². The summed E-state index contributed by atoms with van der Waals surface area (Å²) in [6, 6.07) is 15.9. The minimum atomic E-state index is -0.886. The molecule has 3 heterocycles. The fourth-order valence-corrected chi connectivity index (χ4v) is 6.56. The molecule has 192 valence electrons. The van der Waals surface area contributed by atoms with Crippen LogP contribution in [-0.2, 0) is 6.42 Å². The lowest BCUT2D eigenvalue weighted by atomic mass is 9.91. The van der Waals surface area contributed by atoms with Crippen LogP contribution in [0.1, 0.15) is 24.4 Å². The molecule has 8 nitrogen and oxygen atoms in total. The van der Waals surface area contributed by atoms with Crippen LogP contribution in [0.4, 0.5) is 16.0 Å². The first-order valence-corrected chi connectivity index (χ1v) is 12.7. The standard InChI is InChI=1S/C29H27FN6O2/c30-18-5-3-16(4-6-18)20-12-17-2-1-15(11-22(17)35-27(20)32)7-9-29-13-21(29)23(24(37)25(29)38)36-10-8-19-26(31)33-14-34-28(19)36/h1-6,8,10-12,14,21,23-25,37-38H,7,9,13H2,(H2,32,35)(H2,31,33,34)/t21-,23-,24+,25+,29+/m1/s1. The van der Waals surface area contributed by atoms with Crippen molar-refractivity contribution in [1.82, 2.24) is 19.5 Å². The molecule has 5 atom stereocenters. The van der Waals surface area contributed by atoms with Gasteiger partial charge in [-0.05, 0) is 66.6 Å². The minimum absolute atomic E-state index is 0.145. The molecule has 2 aliphatic rings. The van der Waals surface area contributed by atoms with Crippen LogP contribution in [0.2, 0.25) is 0 Å². The van der Waals surface area contributed by atoms with Crippen molar-refractivity contribution < 1.29 is 14.6 Å². The molecule has 2 saturated carbocycles. The molecule has 2 aliphatic carbocycles. The Bertz CT molecular complexity index is 1700. The predicted octanol–water partition coefficient (Wildman–Crippen LogP) is 3.87. The fraction of sp³-hybridized carbons (Fsp3) is 0.276. The van der Waals surface area contributed by atoms with Crippen molar-refractivity contribution in [3.05, 3.63) is 78.5 Å². The molecule has 0 unspecified atom stereocenters. The Hall–Kier alpha value is -4.08. The summed E-state index contributed by atoms with van der Waals surface area (Å²) in [6.45, 7) is 0. The summed E-state index contributed by atoms with van der Waals surface area (Å²) in [4.78, 5) is 13.1. The summed E-state index contributed by atoms with van der Waals surface area (Å²) in [6.07, 6.45) is 3.93. The highest BCUT2D eigenvalue weighted by atomic mass is 19.1. The molecule has 38 heavy (non-hydrogen) atoms. The van der Waals surface area contributed by atoms with E-state index in [2.05, 4.69) is 21.0 Å². The Morgan fingerprint density at radius 2 is 1.82 bits per heavy atom. The van der Waals surface area contributed by atoms with Gasteiger partial charge >= 0.3 is 0 Å². The first-order valence-electron chi connectivity index (χ1n) is 12.7. The van der Waals surface area contributed by atoms with Crippen LogP contribution in [0.3, 0.4) is 0 Å². The number of aliphatic hydroxyl groups excluding tert-OH is 2. The molecule has 0 spiro atoms. The second-order valence-corrected chi connectivity index (χ2v) is 10.6. The SMILES string of the molecule is Nc1nc2cc(CC[C@]34C[C@@H]3[C@@H](n3ccc5c(N)ncnc53)[C@H](O)[C@@H]4O)ccc2cc1-c1ccc(F)cc1. The van der Waals surface area contributed by atoms with Gasteiger partial charge in [0.2, 0.25) is 0 Å². The van der Waals surface area contributed by atoms with Gasteiger partial charge in [0.05, 0.1) is 23.0 Å². The number of hydrogen-bond donors (Lipinski definition) is 4. The predicted molar refractivity (Wildman–Crippen MR) is 143 cm³/mol. The number of aliphatic hydroxyl groups is 2. The van der Waals surface area contributed by atoms with Gasteiger partial charge in [0, 0.05) is 22.6 Å². The minimum Gasteiger partial charge on any atom is -0.390 e. The second kappa shape index (κ2) is 8.21. The smallest absolute Gasteiger partial charge is 0.145 e. The number of nitrogen functional groups attached to an aromatic ring is 2. The average molecular weight is 511 g/mol. The summed E-state index contributed by atoms with van der Waals surface area (Å²) < 4.78 is 15.3. The van der Waals surface area contributed by atoms with Crippen molar-refractivity contribution in [2.75, 3.05) is 11.5 Å². The maximum atomic E-state index is 13.3. The number of aryl methyl sites for hydroxylation is 1. The zero-order chi connectivity index (χ0) is 26.2. The van der Waals surface area contributed by atoms with E-state index in [-0.39, 0.29) is 23.2 Å². The molecule has 0 amide bonds. The maximum Gasteiger partial charge on any atom is 0.145 e. The third-order valence-electron chi connectivity index (χ3n) is 8.66. The zero-order valence-corrected chi connectivity index (χ0v) is 20.5. The molecule has 2 fully saturated rings. The van der Waals surface area contributed by atoms with E-state index in [1.807, 2.05) is 35.0 Å². The highest BCUT2D eigenvalue weighted by Gasteiger charge is 2.70. The lowest BCUT2D eigenvalue weighted by Gasteiger charge is -2.24. The number of hydrogen-bond acceptors (Lipinski definition) is 7. The number of anilines is 2. The van der Waals surface area contributed by atoms with Crippen molar-refractivity contribution in [2.45, 2.75) is 37.5 Å². The topological polar surface area (TPSA) is 136 Å². The van der Waals surface area contributed by atoms with Crippen LogP contribution in [-0.4, -0.2) is 41.9 Å². The average Bonchev–Trinajstić information content (AvgIpc) is 3.40. The highest BCUT2D eigenvalue weighted by Crippen LogP contribution is 2.69. The van der Waals surface area contributed by atoms with Crippen LogP contribution in [0.25, 0.3) is 33.1 Å². The van der Waals surface area contributed by atoms with Crippen molar-refractivity contribution in [1.29, 1.82) is 0 Å². The molecular formula is C29H27FN6O2. The molecule has 0 aliphatic heterocycles. The third kappa shape index (κ3) is 3.39. The quantitative estimate of drug-likeness (QED) is 0.282. The molecule has 2 aromatic carbocycles. The number of halogens is 1. The molecule has 0 radical (unpaired) electrons. The summed E-state index contributed by atoms with van der Waals surface area (Å²) in [7, 11) is 0. The van der Waals surface area contributed by atoms with E-state index in [4.69, 9.17) is 11.5 Å². The first-order chi connectivity index (χ1) is 18.4. The van der Waals surface area contributed by atoms with E-state index in [1.54, 1.807) is 12.1 Å². The van der Waals surface area contributed by atoms with Gasteiger partial charge in [-0.15, -0.1) is 0 Å². The van der Waals surface area contributed by atoms with Crippen molar-refractivity contribution in [2.24, 2.45) is 11.3 Å². The Morgan fingerprint density at radius 1 is 1.00 bits per heavy atom. The molecule has 6 N–H and O–H groups in total. The third-order valence-corrected chi connectivity index (χ3v) is 8.66. The van der Waals surface area contributed by atoms with Gasteiger partial charge in [-0.3, -0.25) is 0 Å². The van der Waals surface area contributed by atoms with Crippen LogP contribution in [0.5, 0.6) is 0 Å². The van der Waals surface area contributed by atoms with E-state index < -0.39 is 12.2 Å². The van der Waals surface area contributed by atoms with Gasteiger partial charge in [-0.2, -0.15) is 0 Å². The van der Waals surface area contributed by atoms with Crippen LogP contribution < -0.4 is 11.5 Å². The molecule has 5 aromatic rings. The Balaban J connectivity index is 1.13. The van der Waals surface area contributed by atoms with E-state index in [0.29, 0.717) is 17.3 Å². The van der Waals surface area contributed by atoms with Crippen LogP contribution in [0.15, 0.2) is 67.1 Å². The molecule has 0 bridgehead atoms. The van der Waals surface area contributed by atoms with E-state index in [9.17, 15) is 14.6 Å². The van der Waals surface area contributed by atoms with Crippen molar-refractivity contribution in [3.63, 3.8) is 0 Å². The number of aromatic nitrogens is 4. The molecule has 3 aromatic heterocycles. The van der Waals surface area contributed by atoms with Gasteiger partial charge in [0.15, 0.2) is 0 Å². The second-order valence-electron chi connectivity index (χ2n) is 10.6. The van der Waals surface area contributed by atoms with Gasteiger partial charge in [-0.25, -0.2) is 19.3 Å². The van der Waals surface area contributed by atoms with E-state index in [0.717, 1.165) is 52.2 Å². The van der Waals surface area contributed by atoms with Gasteiger partial charge in [0.25, 0.3) is 0 Å². The Morgan fingerprint density at radius 3 is 2.63 bits per heavy atom. The number of pyridine rings is 1. The number of nitrogens with two attached hydrogens (primary N) is 2. The fourth-order valence-electron chi connectivity index (χ4n) is 6.56. The molecule has 0 saturated heterocycles. The summed E-state index contributed by atoms with van der Waals surface area (Å²) in [5.41, 5.74) is 16.1. The normalized spacial score (nSPS) is 26.2. The van der Waals surface area contributed by atoms with Gasteiger partial charge in [-0.1, -0.05) is 24.3 Å². The van der Waals surface area contributed by atoms with Crippen LogP contribution in [0, 0.1) is 17.2 Å². The molecule has 9 heteroatoms. The summed E-state index contributed by atoms with van der Waals surface area (Å²) in [5.74, 6) is 0.642. The number of fused-ring (bicyclic) bond motifs is 3. The van der Waals surface area contributed by atoms with Crippen LogP contribution >= 0.6 is 0 Å². The highest BCUT2D eigenvalue weighted by molar-refractivity contribution is 5.89. The van der Waals surface area contributed by atoms with Gasteiger partial charge in [0.1, 0.15) is 35.5 Å². The molecule has 7 rings (SSSR count). The van der Waals surface area contributed by atoms with E-state index in [1.165, 1.54) is 18.5 Å². The lowest BCUT2D eigenvalue weighted by Crippen LogP contribution is -2.34. The maximum absolute atomic E-state index is 13.3. The van der Waals surface area contributed by atoms with E-state index >= 15 is 0 Å². The summed E-state index contributed by atoms with van der Waals surface area (Å²) in [5, 5.41) is 23.9. The van der Waals surface area contributed by atoms with Crippen molar-refractivity contribution >= 4 is 33.6 Å². The summed E-state index contributed by atoms with van der Waals surface area (Å²) >= 11 is 0. The molecular weight excluding hydrogens is 483 g/mol. The Kier molecular flexibility index (Phi) is 4.98.